The third kappa shape index (κ3) is 4.83. The van der Waals surface area contributed by atoms with Crippen molar-refractivity contribution in [2.75, 3.05) is 5.32 Å². The third-order valence-corrected chi connectivity index (χ3v) is 6.06. The standard InChI is InChI=1S/C19H15F3N2O4S/c1-11(18(25)23-14-5-6-16(21)17(22)8-14)29(26,27)10-15-9-28-19(24-15)12-3-2-4-13(20)7-12/h2-9,11H,10H2,1H3,(H,23,25). The Morgan fingerprint density at radius 2 is 1.90 bits per heavy atom. The average Bonchev–Trinajstić information content (AvgIpc) is 3.12. The fraction of sp³-hybridized carbons (Fsp3) is 0.158. The van der Waals surface area contributed by atoms with Crippen LogP contribution in [-0.2, 0) is 20.4 Å². The number of oxazole rings is 1. The number of aromatic nitrogens is 1. The summed E-state index contributed by atoms with van der Waals surface area (Å²) >= 11 is 0. The molecule has 3 aromatic rings. The minimum absolute atomic E-state index is 0.0357. The van der Waals surface area contributed by atoms with Crippen LogP contribution in [0, 0.1) is 17.5 Å². The number of anilines is 1. The minimum atomic E-state index is -4.00. The maximum absolute atomic E-state index is 13.3. The second-order valence-electron chi connectivity index (χ2n) is 6.22. The van der Waals surface area contributed by atoms with Gasteiger partial charge in [0.1, 0.15) is 17.3 Å². The molecule has 1 atom stereocenters. The largest absolute Gasteiger partial charge is 0.444 e. The van der Waals surface area contributed by atoms with Crippen LogP contribution in [0.4, 0.5) is 18.9 Å². The molecule has 1 aromatic heterocycles. The van der Waals surface area contributed by atoms with E-state index in [1.54, 1.807) is 6.07 Å². The summed E-state index contributed by atoms with van der Waals surface area (Å²) in [5.41, 5.74) is 0.292. The maximum Gasteiger partial charge on any atom is 0.242 e. The molecule has 1 amide bonds. The molecule has 3 rings (SSSR count). The number of hydrogen-bond donors (Lipinski definition) is 1. The van der Waals surface area contributed by atoms with E-state index in [9.17, 15) is 26.4 Å². The van der Waals surface area contributed by atoms with Gasteiger partial charge in [0.15, 0.2) is 21.5 Å². The Morgan fingerprint density at radius 3 is 2.59 bits per heavy atom. The second-order valence-corrected chi connectivity index (χ2v) is 8.54. The predicted molar refractivity (Wildman–Crippen MR) is 99.0 cm³/mol. The van der Waals surface area contributed by atoms with E-state index in [-0.39, 0.29) is 17.3 Å². The van der Waals surface area contributed by atoms with Crippen molar-refractivity contribution >= 4 is 21.4 Å². The number of carbonyl (C=O) groups is 1. The molecular formula is C19H15F3N2O4S. The van der Waals surface area contributed by atoms with Crippen molar-refractivity contribution in [1.82, 2.24) is 4.98 Å². The fourth-order valence-corrected chi connectivity index (χ4v) is 3.62. The van der Waals surface area contributed by atoms with E-state index in [1.165, 1.54) is 18.2 Å². The SMILES string of the molecule is CC(C(=O)Nc1ccc(F)c(F)c1)S(=O)(=O)Cc1coc(-c2cccc(F)c2)n1. The Labute approximate surface area is 164 Å². The molecular weight excluding hydrogens is 409 g/mol. The molecule has 0 spiro atoms. The molecule has 6 nitrogen and oxygen atoms in total. The lowest BCUT2D eigenvalue weighted by molar-refractivity contribution is -0.115. The van der Waals surface area contributed by atoms with E-state index in [0.717, 1.165) is 31.4 Å². The molecule has 0 bridgehead atoms. The molecule has 0 fully saturated rings. The summed E-state index contributed by atoms with van der Waals surface area (Å²) in [7, 11) is -4.00. The zero-order valence-corrected chi connectivity index (χ0v) is 15.8. The van der Waals surface area contributed by atoms with Crippen LogP contribution < -0.4 is 5.32 Å². The summed E-state index contributed by atoms with van der Waals surface area (Å²) in [6.45, 7) is 1.16. The van der Waals surface area contributed by atoms with Gasteiger partial charge in [-0.05, 0) is 37.3 Å². The molecule has 10 heteroatoms. The van der Waals surface area contributed by atoms with Gasteiger partial charge in [0.05, 0.1) is 11.4 Å². The van der Waals surface area contributed by atoms with Crippen molar-refractivity contribution in [3.05, 3.63) is 71.9 Å². The Balaban J connectivity index is 1.71. The zero-order chi connectivity index (χ0) is 21.2. The van der Waals surface area contributed by atoms with Crippen LogP contribution in [0.15, 0.2) is 53.1 Å². The summed E-state index contributed by atoms with van der Waals surface area (Å²) in [5.74, 6) is -4.25. The van der Waals surface area contributed by atoms with Crippen LogP contribution >= 0.6 is 0 Å². The number of sulfone groups is 1. The molecule has 2 aromatic carbocycles. The molecule has 0 aliphatic rings. The van der Waals surface area contributed by atoms with Gasteiger partial charge in [0.2, 0.25) is 11.8 Å². The number of rotatable bonds is 6. The number of halogens is 3. The Morgan fingerprint density at radius 1 is 1.14 bits per heavy atom. The lowest BCUT2D eigenvalue weighted by Crippen LogP contribution is -2.33. The van der Waals surface area contributed by atoms with Crippen LogP contribution in [0.25, 0.3) is 11.5 Å². The molecule has 1 unspecified atom stereocenters. The van der Waals surface area contributed by atoms with Crippen LogP contribution in [0.3, 0.4) is 0 Å². The molecule has 1 heterocycles. The smallest absolute Gasteiger partial charge is 0.242 e. The highest BCUT2D eigenvalue weighted by molar-refractivity contribution is 7.92. The van der Waals surface area contributed by atoms with Gasteiger partial charge >= 0.3 is 0 Å². The van der Waals surface area contributed by atoms with E-state index < -0.39 is 44.2 Å². The first-order valence-electron chi connectivity index (χ1n) is 8.33. The number of amides is 1. The Kier molecular flexibility index (Phi) is 5.73. The van der Waals surface area contributed by atoms with E-state index in [2.05, 4.69) is 10.3 Å². The van der Waals surface area contributed by atoms with Gasteiger partial charge in [0, 0.05) is 17.3 Å². The summed E-state index contributed by atoms with van der Waals surface area (Å²) < 4.78 is 69.7. The third-order valence-electron chi connectivity index (χ3n) is 4.07. The van der Waals surface area contributed by atoms with Gasteiger partial charge in [0.25, 0.3) is 0 Å². The number of benzene rings is 2. The summed E-state index contributed by atoms with van der Waals surface area (Å²) in [6, 6.07) is 8.09. The lowest BCUT2D eigenvalue weighted by Gasteiger charge is -2.12. The molecule has 29 heavy (non-hydrogen) atoms. The molecule has 0 aliphatic heterocycles. The van der Waals surface area contributed by atoms with Crippen LogP contribution in [-0.4, -0.2) is 24.6 Å². The first-order valence-corrected chi connectivity index (χ1v) is 10.0. The lowest BCUT2D eigenvalue weighted by atomic mass is 10.2. The summed E-state index contributed by atoms with van der Waals surface area (Å²) in [4.78, 5) is 16.2. The highest BCUT2D eigenvalue weighted by Gasteiger charge is 2.29. The van der Waals surface area contributed by atoms with E-state index in [4.69, 9.17) is 4.42 Å². The van der Waals surface area contributed by atoms with Crippen molar-refractivity contribution in [3.63, 3.8) is 0 Å². The number of nitrogens with zero attached hydrogens (tertiary/aromatic N) is 1. The number of carbonyl (C=O) groups excluding carboxylic acids is 1. The highest BCUT2D eigenvalue weighted by atomic mass is 32.2. The fourth-order valence-electron chi connectivity index (χ4n) is 2.44. The van der Waals surface area contributed by atoms with Crippen LogP contribution in [0.1, 0.15) is 12.6 Å². The Hall–Kier alpha value is -3.14. The monoisotopic (exact) mass is 424 g/mol. The van der Waals surface area contributed by atoms with E-state index in [1.807, 2.05) is 0 Å². The topological polar surface area (TPSA) is 89.3 Å². The highest BCUT2D eigenvalue weighted by Crippen LogP contribution is 2.21. The average molecular weight is 424 g/mol. The van der Waals surface area contributed by atoms with Gasteiger partial charge < -0.3 is 9.73 Å². The molecule has 0 saturated heterocycles. The number of hydrogen-bond acceptors (Lipinski definition) is 5. The van der Waals surface area contributed by atoms with Crippen molar-refractivity contribution < 1.29 is 30.8 Å². The van der Waals surface area contributed by atoms with Gasteiger partial charge in [-0.1, -0.05) is 6.07 Å². The summed E-state index contributed by atoms with van der Waals surface area (Å²) in [5, 5.41) is 0.733. The van der Waals surface area contributed by atoms with Gasteiger partial charge in [-0.15, -0.1) is 0 Å². The van der Waals surface area contributed by atoms with Crippen LogP contribution in [0.2, 0.25) is 0 Å². The summed E-state index contributed by atoms with van der Waals surface area (Å²) in [6.07, 6.45) is 1.11. The Bertz CT molecular complexity index is 1160. The van der Waals surface area contributed by atoms with Crippen molar-refractivity contribution in [2.45, 2.75) is 17.9 Å². The quantitative estimate of drug-likeness (QED) is 0.652. The number of nitrogens with one attached hydrogen (secondary N) is 1. The molecule has 0 radical (unpaired) electrons. The van der Waals surface area contributed by atoms with Crippen LogP contribution in [0.5, 0.6) is 0 Å². The molecule has 0 aliphatic carbocycles. The van der Waals surface area contributed by atoms with Crippen molar-refractivity contribution in [2.24, 2.45) is 0 Å². The van der Waals surface area contributed by atoms with Gasteiger partial charge in [-0.3, -0.25) is 4.79 Å². The normalized spacial score (nSPS) is 12.6. The van der Waals surface area contributed by atoms with Crippen molar-refractivity contribution in [3.8, 4) is 11.5 Å². The molecule has 1 N–H and O–H groups in total. The minimum Gasteiger partial charge on any atom is -0.444 e. The van der Waals surface area contributed by atoms with E-state index >= 15 is 0 Å². The zero-order valence-electron chi connectivity index (χ0n) is 15.0. The maximum atomic E-state index is 13.3. The van der Waals surface area contributed by atoms with Gasteiger partial charge in [-0.2, -0.15) is 0 Å². The van der Waals surface area contributed by atoms with E-state index in [0.29, 0.717) is 5.56 Å². The molecule has 152 valence electrons. The first-order chi connectivity index (χ1) is 13.7. The van der Waals surface area contributed by atoms with Crippen molar-refractivity contribution in [1.29, 1.82) is 0 Å². The molecule has 0 saturated carbocycles. The predicted octanol–water partition coefficient (Wildman–Crippen LogP) is 3.70. The first kappa shape index (κ1) is 20.6. The second kappa shape index (κ2) is 8.08. The van der Waals surface area contributed by atoms with Gasteiger partial charge in [-0.25, -0.2) is 26.6 Å².